The standard InChI is InChI=1S/C14H18ClF2NO/c1-10-2-3-13-11(6-10)7-12(19-13)8-18(5-4-15)9-14(16)17/h2-3,6,12,14H,4-5,7-9H2,1H3. The summed E-state index contributed by atoms with van der Waals surface area (Å²) in [6, 6.07) is 6.04. The van der Waals surface area contributed by atoms with Crippen LogP contribution in [0.5, 0.6) is 5.75 Å². The summed E-state index contributed by atoms with van der Waals surface area (Å²) in [6.07, 6.45) is -1.62. The molecular weight excluding hydrogens is 272 g/mol. The summed E-state index contributed by atoms with van der Waals surface area (Å²) in [5.41, 5.74) is 2.35. The lowest BCUT2D eigenvalue weighted by atomic mass is 10.1. The van der Waals surface area contributed by atoms with E-state index < -0.39 is 6.43 Å². The SMILES string of the molecule is Cc1ccc2c(c1)CC(CN(CCCl)CC(F)F)O2. The van der Waals surface area contributed by atoms with Gasteiger partial charge in [0.05, 0.1) is 6.54 Å². The molecule has 1 heterocycles. The lowest BCUT2D eigenvalue weighted by molar-refractivity contribution is 0.0702. The Balaban J connectivity index is 1.94. The monoisotopic (exact) mass is 289 g/mol. The first-order valence-corrected chi connectivity index (χ1v) is 6.94. The first-order chi connectivity index (χ1) is 9.08. The molecule has 5 heteroatoms. The van der Waals surface area contributed by atoms with Crippen LogP contribution in [0.1, 0.15) is 11.1 Å². The Bertz CT molecular complexity index is 428. The van der Waals surface area contributed by atoms with Gasteiger partial charge in [0.2, 0.25) is 0 Å². The topological polar surface area (TPSA) is 12.5 Å². The molecule has 0 aromatic heterocycles. The van der Waals surface area contributed by atoms with Crippen LogP contribution in [0.15, 0.2) is 18.2 Å². The molecule has 0 saturated carbocycles. The molecule has 0 aliphatic carbocycles. The molecule has 0 radical (unpaired) electrons. The zero-order chi connectivity index (χ0) is 13.8. The number of ether oxygens (including phenoxy) is 1. The van der Waals surface area contributed by atoms with Crippen molar-refractivity contribution in [3.8, 4) is 5.75 Å². The van der Waals surface area contributed by atoms with Crippen LogP contribution in [0.2, 0.25) is 0 Å². The maximum Gasteiger partial charge on any atom is 0.251 e. The minimum absolute atomic E-state index is 0.0567. The average molecular weight is 290 g/mol. The molecule has 0 bridgehead atoms. The molecule has 1 aliphatic heterocycles. The Morgan fingerprint density at radius 3 is 2.95 bits per heavy atom. The molecule has 1 unspecified atom stereocenters. The molecule has 1 aliphatic rings. The summed E-state index contributed by atoms with van der Waals surface area (Å²) in [7, 11) is 0. The van der Waals surface area contributed by atoms with Crippen LogP contribution < -0.4 is 4.74 Å². The largest absolute Gasteiger partial charge is 0.488 e. The molecule has 19 heavy (non-hydrogen) atoms. The van der Waals surface area contributed by atoms with Crippen LogP contribution in [-0.4, -0.2) is 42.9 Å². The van der Waals surface area contributed by atoms with Crippen molar-refractivity contribution in [3.05, 3.63) is 29.3 Å². The van der Waals surface area contributed by atoms with Crippen LogP contribution >= 0.6 is 11.6 Å². The minimum Gasteiger partial charge on any atom is -0.488 e. The van der Waals surface area contributed by atoms with Gasteiger partial charge in [0.1, 0.15) is 11.9 Å². The zero-order valence-corrected chi connectivity index (χ0v) is 11.7. The van der Waals surface area contributed by atoms with E-state index in [1.807, 2.05) is 19.1 Å². The van der Waals surface area contributed by atoms with Gasteiger partial charge in [-0.3, -0.25) is 4.90 Å². The van der Waals surface area contributed by atoms with Crippen molar-refractivity contribution in [2.24, 2.45) is 0 Å². The summed E-state index contributed by atoms with van der Waals surface area (Å²) in [6.45, 7) is 2.73. The van der Waals surface area contributed by atoms with Gasteiger partial charge in [-0.05, 0) is 18.6 Å². The molecule has 0 amide bonds. The Labute approximate surface area is 117 Å². The maximum atomic E-state index is 12.5. The van der Waals surface area contributed by atoms with E-state index in [0.29, 0.717) is 19.0 Å². The second-order valence-electron chi connectivity index (χ2n) is 4.89. The molecule has 0 fully saturated rings. The summed E-state index contributed by atoms with van der Waals surface area (Å²) in [5.74, 6) is 1.23. The number of hydrogen-bond acceptors (Lipinski definition) is 2. The predicted molar refractivity (Wildman–Crippen MR) is 72.5 cm³/mol. The van der Waals surface area contributed by atoms with Crippen molar-refractivity contribution >= 4 is 11.6 Å². The number of hydrogen-bond donors (Lipinski definition) is 0. The summed E-state index contributed by atoms with van der Waals surface area (Å²) < 4.78 is 30.7. The quantitative estimate of drug-likeness (QED) is 0.746. The Kier molecular flexibility index (Phi) is 4.99. The van der Waals surface area contributed by atoms with Crippen LogP contribution in [-0.2, 0) is 6.42 Å². The number of benzene rings is 1. The van der Waals surface area contributed by atoms with Gasteiger partial charge in [0.15, 0.2) is 0 Å². The van der Waals surface area contributed by atoms with Gasteiger partial charge in [0, 0.05) is 25.4 Å². The minimum atomic E-state index is -2.34. The van der Waals surface area contributed by atoms with Gasteiger partial charge in [-0.1, -0.05) is 17.7 Å². The molecule has 1 atom stereocenters. The number of halogens is 3. The van der Waals surface area contributed by atoms with Crippen LogP contribution in [0, 0.1) is 6.92 Å². The molecule has 0 spiro atoms. The molecule has 106 valence electrons. The van der Waals surface area contributed by atoms with Crippen LogP contribution in [0.3, 0.4) is 0 Å². The Morgan fingerprint density at radius 2 is 2.26 bits per heavy atom. The normalized spacial score (nSPS) is 17.9. The van der Waals surface area contributed by atoms with Crippen molar-refractivity contribution in [2.45, 2.75) is 25.9 Å². The van der Waals surface area contributed by atoms with Gasteiger partial charge < -0.3 is 4.74 Å². The van der Waals surface area contributed by atoms with E-state index in [1.165, 1.54) is 5.56 Å². The van der Waals surface area contributed by atoms with Crippen molar-refractivity contribution < 1.29 is 13.5 Å². The van der Waals surface area contributed by atoms with Gasteiger partial charge >= 0.3 is 0 Å². The van der Waals surface area contributed by atoms with E-state index in [2.05, 4.69) is 6.07 Å². The number of fused-ring (bicyclic) bond motifs is 1. The fraction of sp³-hybridized carbons (Fsp3) is 0.571. The second kappa shape index (κ2) is 6.53. The van der Waals surface area contributed by atoms with E-state index in [4.69, 9.17) is 16.3 Å². The van der Waals surface area contributed by atoms with Gasteiger partial charge in [-0.15, -0.1) is 11.6 Å². The van der Waals surface area contributed by atoms with E-state index >= 15 is 0 Å². The summed E-state index contributed by atoms with van der Waals surface area (Å²) in [4.78, 5) is 1.67. The molecule has 2 rings (SSSR count). The van der Waals surface area contributed by atoms with E-state index in [1.54, 1.807) is 4.90 Å². The fourth-order valence-electron chi connectivity index (χ4n) is 2.41. The molecule has 0 saturated heterocycles. The zero-order valence-electron chi connectivity index (χ0n) is 10.9. The second-order valence-corrected chi connectivity index (χ2v) is 5.27. The van der Waals surface area contributed by atoms with E-state index in [9.17, 15) is 8.78 Å². The average Bonchev–Trinajstić information content (AvgIpc) is 2.69. The van der Waals surface area contributed by atoms with Crippen LogP contribution in [0.4, 0.5) is 8.78 Å². The Hall–Kier alpha value is -0.870. The maximum absolute atomic E-state index is 12.5. The third-order valence-corrected chi connectivity index (χ3v) is 3.39. The van der Waals surface area contributed by atoms with Gasteiger partial charge in [-0.25, -0.2) is 8.78 Å². The highest BCUT2D eigenvalue weighted by Gasteiger charge is 2.25. The van der Waals surface area contributed by atoms with Crippen molar-refractivity contribution in [2.75, 3.05) is 25.5 Å². The van der Waals surface area contributed by atoms with E-state index in [-0.39, 0.29) is 12.6 Å². The smallest absolute Gasteiger partial charge is 0.251 e. The number of nitrogens with zero attached hydrogens (tertiary/aromatic N) is 1. The van der Waals surface area contributed by atoms with Crippen molar-refractivity contribution in [1.29, 1.82) is 0 Å². The lowest BCUT2D eigenvalue weighted by Crippen LogP contribution is -2.38. The van der Waals surface area contributed by atoms with Gasteiger partial charge in [-0.2, -0.15) is 0 Å². The Morgan fingerprint density at radius 1 is 1.47 bits per heavy atom. The number of aryl methyl sites for hydroxylation is 1. The molecule has 0 N–H and O–H groups in total. The first kappa shape index (κ1) is 14.5. The highest BCUT2D eigenvalue weighted by atomic mass is 35.5. The van der Waals surface area contributed by atoms with Crippen molar-refractivity contribution in [1.82, 2.24) is 4.90 Å². The van der Waals surface area contributed by atoms with E-state index in [0.717, 1.165) is 17.7 Å². The third kappa shape index (κ3) is 4.05. The predicted octanol–water partition coefficient (Wildman–Crippen LogP) is 3.10. The first-order valence-electron chi connectivity index (χ1n) is 6.41. The fourth-order valence-corrected chi connectivity index (χ4v) is 2.65. The molecular formula is C14H18ClF2NO. The van der Waals surface area contributed by atoms with Crippen LogP contribution in [0.25, 0.3) is 0 Å². The highest BCUT2D eigenvalue weighted by Crippen LogP contribution is 2.29. The molecule has 2 nitrogen and oxygen atoms in total. The van der Waals surface area contributed by atoms with Crippen molar-refractivity contribution in [3.63, 3.8) is 0 Å². The summed E-state index contributed by atoms with van der Waals surface area (Å²) in [5, 5.41) is 0. The number of rotatable bonds is 6. The summed E-state index contributed by atoms with van der Waals surface area (Å²) >= 11 is 5.65. The third-order valence-electron chi connectivity index (χ3n) is 3.22. The number of alkyl halides is 3. The molecule has 1 aromatic carbocycles. The highest BCUT2D eigenvalue weighted by molar-refractivity contribution is 6.18. The van der Waals surface area contributed by atoms with Gasteiger partial charge in [0.25, 0.3) is 6.43 Å². The lowest BCUT2D eigenvalue weighted by Gasteiger charge is -2.23. The molecule has 1 aromatic rings.